The summed E-state index contributed by atoms with van der Waals surface area (Å²) in [6.45, 7) is 1.08. The van der Waals surface area contributed by atoms with Gasteiger partial charge in [-0.2, -0.15) is 5.10 Å². The van der Waals surface area contributed by atoms with Crippen LogP contribution < -0.4 is 11.1 Å². The van der Waals surface area contributed by atoms with E-state index in [2.05, 4.69) is 15.5 Å². The molecule has 0 atom stereocenters. The van der Waals surface area contributed by atoms with Gasteiger partial charge in [-0.05, 0) is 18.4 Å². The zero-order valence-corrected chi connectivity index (χ0v) is 14.6. The minimum absolute atomic E-state index is 0.214. The maximum atomic E-state index is 12.6. The molecular weight excluding hydrogens is 348 g/mol. The number of nitrogen functional groups attached to an aromatic ring is 1. The van der Waals surface area contributed by atoms with Crippen LogP contribution in [0.15, 0.2) is 36.4 Å². The molecule has 4 rings (SSSR count). The molecule has 2 saturated heterocycles. The Hall–Kier alpha value is -3.36. The number of amides is 4. The topological polar surface area (TPSA) is 124 Å². The first-order chi connectivity index (χ1) is 13.0. The lowest BCUT2D eigenvalue weighted by Gasteiger charge is -2.42. The second-order valence-electron chi connectivity index (χ2n) is 6.86. The van der Waals surface area contributed by atoms with Gasteiger partial charge in [-0.1, -0.05) is 30.3 Å². The number of urea groups is 1. The van der Waals surface area contributed by atoms with Crippen LogP contribution in [0.25, 0.3) is 0 Å². The highest BCUT2D eigenvalue weighted by Crippen LogP contribution is 2.34. The number of nitrogens with two attached hydrogens (primary N) is 1. The molecule has 2 aliphatic rings. The molecule has 0 saturated carbocycles. The van der Waals surface area contributed by atoms with Gasteiger partial charge >= 0.3 is 6.03 Å². The standard InChI is InChI=1S/C18H20N6O3/c19-14-10-13(21-22-14)15(25)23-8-6-18(7-9-23)16(26)20-17(27)24(18)11-12-4-2-1-3-5-12/h1-5,10H,6-9,11H2,(H3,19,21,22)(H,20,26,27). The molecule has 1 aromatic carbocycles. The molecule has 140 valence electrons. The Morgan fingerprint density at radius 3 is 2.52 bits per heavy atom. The van der Waals surface area contributed by atoms with E-state index < -0.39 is 5.54 Å². The molecule has 0 unspecified atom stereocenters. The van der Waals surface area contributed by atoms with Crippen molar-refractivity contribution in [1.82, 2.24) is 25.3 Å². The van der Waals surface area contributed by atoms with E-state index in [-0.39, 0.29) is 23.7 Å². The van der Waals surface area contributed by atoms with Crippen LogP contribution in [0.5, 0.6) is 0 Å². The van der Waals surface area contributed by atoms with E-state index in [0.29, 0.717) is 38.2 Å². The Morgan fingerprint density at radius 2 is 1.89 bits per heavy atom. The molecule has 4 amide bonds. The molecule has 4 N–H and O–H groups in total. The number of aromatic nitrogens is 2. The number of likely N-dealkylation sites (tertiary alicyclic amines) is 1. The highest BCUT2D eigenvalue weighted by molar-refractivity contribution is 6.07. The fourth-order valence-electron chi connectivity index (χ4n) is 3.78. The van der Waals surface area contributed by atoms with Gasteiger partial charge in [0.2, 0.25) is 0 Å². The van der Waals surface area contributed by atoms with Crippen LogP contribution in [-0.2, 0) is 11.3 Å². The maximum Gasteiger partial charge on any atom is 0.325 e. The average Bonchev–Trinajstić information content (AvgIpc) is 3.20. The highest BCUT2D eigenvalue weighted by atomic mass is 16.2. The van der Waals surface area contributed by atoms with E-state index in [1.807, 2.05) is 30.3 Å². The number of H-pyrrole nitrogens is 1. The minimum atomic E-state index is -0.920. The summed E-state index contributed by atoms with van der Waals surface area (Å²) in [7, 11) is 0. The van der Waals surface area contributed by atoms with Crippen LogP contribution in [0, 0.1) is 0 Å². The van der Waals surface area contributed by atoms with E-state index in [4.69, 9.17) is 5.73 Å². The van der Waals surface area contributed by atoms with Gasteiger partial charge in [-0.3, -0.25) is 20.0 Å². The van der Waals surface area contributed by atoms with Crippen LogP contribution in [0.2, 0.25) is 0 Å². The van der Waals surface area contributed by atoms with E-state index >= 15 is 0 Å². The van der Waals surface area contributed by atoms with Gasteiger partial charge in [0.15, 0.2) is 0 Å². The van der Waals surface area contributed by atoms with Crippen LogP contribution >= 0.6 is 0 Å². The van der Waals surface area contributed by atoms with Gasteiger partial charge in [0.1, 0.15) is 17.1 Å². The fraction of sp³-hybridized carbons (Fsp3) is 0.333. The highest BCUT2D eigenvalue weighted by Gasteiger charge is 2.54. The van der Waals surface area contributed by atoms with Crippen molar-refractivity contribution in [2.24, 2.45) is 0 Å². The number of rotatable bonds is 3. The van der Waals surface area contributed by atoms with Crippen molar-refractivity contribution >= 4 is 23.7 Å². The molecule has 9 nitrogen and oxygen atoms in total. The summed E-state index contributed by atoms with van der Waals surface area (Å²) >= 11 is 0. The molecule has 2 fully saturated rings. The Labute approximate surface area is 155 Å². The molecule has 2 aromatic rings. The van der Waals surface area contributed by atoms with Crippen molar-refractivity contribution in [3.63, 3.8) is 0 Å². The van der Waals surface area contributed by atoms with Crippen molar-refractivity contribution in [3.05, 3.63) is 47.7 Å². The van der Waals surface area contributed by atoms with Crippen molar-refractivity contribution in [2.75, 3.05) is 18.8 Å². The summed E-state index contributed by atoms with van der Waals surface area (Å²) in [5.41, 5.74) is 5.90. The number of nitrogens with zero attached hydrogens (tertiary/aromatic N) is 3. The molecule has 0 radical (unpaired) electrons. The number of benzene rings is 1. The average molecular weight is 368 g/mol. The molecular formula is C18H20N6O3. The lowest BCUT2D eigenvalue weighted by Crippen LogP contribution is -2.57. The first-order valence-electron chi connectivity index (χ1n) is 8.77. The van der Waals surface area contributed by atoms with Crippen LogP contribution in [-0.4, -0.2) is 56.5 Å². The Kier molecular flexibility index (Phi) is 4.06. The molecule has 0 aliphatic carbocycles. The van der Waals surface area contributed by atoms with Crippen molar-refractivity contribution in [2.45, 2.75) is 24.9 Å². The van der Waals surface area contributed by atoms with Gasteiger partial charge in [0.05, 0.1) is 0 Å². The largest absolute Gasteiger partial charge is 0.382 e. The summed E-state index contributed by atoms with van der Waals surface area (Å²) in [4.78, 5) is 40.8. The number of carbonyl (C=O) groups is 3. The number of aromatic amines is 1. The number of hydrogen-bond donors (Lipinski definition) is 3. The first kappa shape index (κ1) is 17.1. The molecule has 9 heteroatoms. The number of anilines is 1. The molecule has 3 heterocycles. The van der Waals surface area contributed by atoms with Crippen molar-refractivity contribution < 1.29 is 14.4 Å². The van der Waals surface area contributed by atoms with Gasteiger partial charge < -0.3 is 15.5 Å². The number of piperidine rings is 1. The monoisotopic (exact) mass is 368 g/mol. The van der Waals surface area contributed by atoms with Crippen LogP contribution in [0.4, 0.5) is 10.6 Å². The second-order valence-corrected chi connectivity index (χ2v) is 6.86. The molecule has 1 aromatic heterocycles. The SMILES string of the molecule is Nc1cc(C(=O)N2CCC3(CC2)C(=O)NC(=O)N3Cc2ccccc2)[nH]n1. The van der Waals surface area contributed by atoms with Crippen molar-refractivity contribution in [3.8, 4) is 0 Å². The van der Waals surface area contributed by atoms with E-state index in [9.17, 15) is 14.4 Å². The van der Waals surface area contributed by atoms with Crippen LogP contribution in [0.1, 0.15) is 28.9 Å². The smallest absolute Gasteiger partial charge is 0.325 e. The fourth-order valence-corrected chi connectivity index (χ4v) is 3.78. The predicted octanol–water partition coefficient (Wildman–Crippen LogP) is 0.719. The molecule has 0 bridgehead atoms. The van der Waals surface area contributed by atoms with Crippen molar-refractivity contribution in [1.29, 1.82) is 0 Å². The Bertz CT molecular complexity index is 886. The van der Waals surface area contributed by atoms with E-state index in [1.165, 1.54) is 6.07 Å². The summed E-state index contributed by atoms with van der Waals surface area (Å²) in [6, 6.07) is 10.6. The lowest BCUT2D eigenvalue weighted by molar-refractivity contribution is -0.129. The summed E-state index contributed by atoms with van der Waals surface area (Å²) in [5.74, 6) is -0.253. The number of hydrogen-bond acceptors (Lipinski definition) is 5. The summed E-state index contributed by atoms with van der Waals surface area (Å²) < 4.78 is 0. The van der Waals surface area contributed by atoms with E-state index in [1.54, 1.807) is 9.80 Å². The number of carbonyl (C=O) groups excluding carboxylic acids is 3. The minimum Gasteiger partial charge on any atom is -0.382 e. The zero-order chi connectivity index (χ0) is 19.0. The summed E-state index contributed by atoms with van der Waals surface area (Å²) in [6.07, 6.45) is 0.763. The third-order valence-electron chi connectivity index (χ3n) is 5.29. The molecule has 2 aliphatic heterocycles. The third-order valence-corrected chi connectivity index (χ3v) is 5.29. The number of imide groups is 1. The van der Waals surface area contributed by atoms with Gasteiger partial charge in [-0.25, -0.2) is 4.79 Å². The van der Waals surface area contributed by atoms with Gasteiger partial charge in [0, 0.05) is 25.7 Å². The lowest BCUT2D eigenvalue weighted by atomic mass is 9.85. The Balaban J connectivity index is 1.51. The maximum absolute atomic E-state index is 12.6. The van der Waals surface area contributed by atoms with Gasteiger partial charge in [0.25, 0.3) is 11.8 Å². The predicted molar refractivity (Wildman–Crippen MR) is 96.4 cm³/mol. The summed E-state index contributed by atoms with van der Waals surface area (Å²) in [5, 5.41) is 8.82. The number of nitrogens with one attached hydrogen (secondary N) is 2. The van der Waals surface area contributed by atoms with E-state index in [0.717, 1.165) is 5.56 Å². The normalized spacial score (nSPS) is 18.8. The quantitative estimate of drug-likeness (QED) is 0.689. The van der Waals surface area contributed by atoms with Crippen LogP contribution in [0.3, 0.4) is 0 Å². The second kappa shape index (κ2) is 6.42. The first-order valence-corrected chi connectivity index (χ1v) is 8.77. The zero-order valence-electron chi connectivity index (χ0n) is 14.6. The molecule has 1 spiro atoms. The molecule has 27 heavy (non-hydrogen) atoms. The van der Waals surface area contributed by atoms with Gasteiger partial charge in [-0.15, -0.1) is 0 Å². The Morgan fingerprint density at radius 1 is 1.19 bits per heavy atom. The third kappa shape index (κ3) is 2.90.